The van der Waals surface area contributed by atoms with E-state index in [-0.39, 0.29) is 11.7 Å². The van der Waals surface area contributed by atoms with Gasteiger partial charge in [-0.15, -0.1) is 0 Å². The van der Waals surface area contributed by atoms with Crippen LogP contribution in [0, 0.1) is 0 Å². The van der Waals surface area contributed by atoms with Crippen molar-refractivity contribution in [2.75, 3.05) is 5.32 Å². The van der Waals surface area contributed by atoms with E-state index < -0.39 is 5.97 Å². The quantitative estimate of drug-likeness (QED) is 0.831. The first-order valence-corrected chi connectivity index (χ1v) is 5.14. The van der Waals surface area contributed by atoms with Crippen LogP contribution in [0.5, 0.6) is 0 Å². The Bertz CT molecular complexity index is 450. The molecule has 0 atom stereocenters. The number of nitrogens with one attached hydrogen (secondary N) is 1. The summed E-state index contributed by atoms with van der Waals surface area (Å²) < 4.78 is 4.92. The lowest BCUT2D eigenvalue weighted by atomic mass is 10.3. The lowest BCUT2D eigenvalue weighted by Gasteiger charge is -1.97. The van der Waals surface area contributed by atoms with Crippen LogP contribution < -0.4 is 5.32 Å². The molecule has 2 aromatic heterocycles. The second-order valence-electron chi connectivity index (χ2n) is 2.83. The van der Waals surface area contributed by atoms with E-state index in [1.807, 2.05) is 16.8 Å². The third-order valence-corrected chi connectivity index (χ3v) is 2.48. The number of hydrogen-bond acceptors (Lipinski definition) is 5. The van der Waals surface area contributed by atoms with Crippen molar-refractivity contribution in [1.29, 1.82) is 0 Å². The molecule has 78 valence electrons. The molecule has 5 nitrogen and oxygen atoms in total. The van der Waals surface area contributed by atoms with Crippen LogP contribution in [0.3, 0.4) is 0 Å². The minimum absolute atomic E-state index is 0.0946. The Morgan fingerprint density at radius 2 is 2.53 bits per heavy atom. The summed E-state index contributed by atoms with van der Waals surface area (Å²) >= 11 is 1.60. The number of nitrogens with zero attached hydrogens (tertiary/aromatic N) is 1. The molecular weight excluding hydrogens is 216 g/mol. The molecule has 2 N–H and O–H groups in total. The molecule has 0 amide bonds. The number of carboxylic acids is 1. The molecule has 0 saturated carbocycles. The van der Waals surface area contributed by atoms with Gasteiger partial charge in [0.25, 0.3) is 6.01 Å². The molecule has 0 aliphatic heterocycles. The van der Waals surface area contributed by atoms with E-state index in [0.29, 0.717) is 6.54 Å². The molecule has 0 spiro atoms. The van der Waals surface area contributed by atoms with Crippen molar-refractivity contribution < 1.29 is 14.3 Å². The monoisotopic (exact) mass is 224 g/mol. The summed E-state index contributed by atoms with van der Waals surface area (Å²) in [6.07, 6.45) is 1.11. The highest BCUT2D eigenvalue weighted by Crippen LogP contribution is 2.11. The number of carboxylic acid groups (broad SMARTS) is 1. The summed E-state index contributed by atoms with van der Waals surface area (Å²) in [5, 5.41) is 15.5. The van der Waals surface area contributed by atoms with E-state index >= 15 is 0 Å². The van der Waals surface area contributed by atoms with E-state index in [2.05, 4.69) is 10.3 Å². The minimum atomic E-state index is -1.10. The minimum Gasteiger partial charge on any atom is -0.476 e. The molecular formula is C9H8N2O3S. The molecule has 0 radical (unpaired) electrons. The van der Waals surface area contributed by atoms with Crippen LogP contribution in [0.1, 0.15) is 16.1 Å². The molecule has 6 heteroatoms. The Hall–Kier alpha value is -1.82. The summed E-state index contributed by atoms with van der Waals surface area (Å²) in [4.78, 5) is 14.2. The highest BCUT2D eigenvalue weighted by Gasteiger charge is 2.09. The fourth-order valence-corrected chi connectivity index (χ4v) is 1.69. The molecule has 0 aliphatic carbocycles. The average Bonchev–Trinajstić information content (AvgIpc) is 2.86. The van der Waals surface area contributed by atoms with E-state index in [0.717, 1.165) is 11.8 Å². The van der Waals surface area contributed by atoms with Gasteiger partial charge in [-0.1, -0.05) is 0 Å². The van der Waals surface area contributed by atoms with E-state index in [1.165, 1.54) is 0 Å². The number of rotatable bonds is 4. The topological polar surface area (TPSA) is 75.4 Å². The molecule has 2 aromatic rings. The Morgan fingerprint density at radius 1 is 1.67 bits per heavy atom. The Balaban J connectivity index is 1.96. The van der Waals surface area contributed by atoms with Gasteiger partial charge in [0.15, 0.2) is 5.69 Å². The summed E-state index contributed by atoms with van der Waals surface area (Å²) in [5.74, 6) is -1.10. The molecule has 2 rings (SSSR count). The lowest BCUT2D eigenvalue weighted by molar-refractivity contribution is 0.0690. The molecule has 0 bridgehead atoms. The molecule has 2 heterocycles. The van der Waals surface area contributed by atoms with Crippen molar-refractivity contribution in [2.45, 2.75) is 6.54 Å². The van der Waals surface area contributed by atoms with Gasteiger partial charge in [-0.25, -0.2) is 4.79 Å². The largest absolute Gasteiger partial charge is 0.476 e. The Morgan fingerprint density at radius 3 is 3.13 bits per heavy atom. The standard InChI is InChI=1S/C9H8N2O3S/c12-8(13)7-4-14-9(11-7)10-3-6-1-2-15-5-6/h1-2,4-5H,3H2,(H,10,11)(H,12,13). The second kappa shape index (κ2) is 4.14. The van der Waals surface area contributed by atoms with E-state index in [9.17, 15) is 4.79 Å². The van der Waals surface area contributed by atoms with Crippen molar-refractivity contribution in [1.82, 2.24) is 4.98 Å². The maximum absolute atomic E-state index is 10.5. The number of carbonyl (C=O) groups is 1. The van der Waals surface area contributed by atoms with Gasteiger partial charge in [-0.2, -0.15) is 16.3 Å². The van der Waals surface area contributed by atoms with Crippen LogP contribution in [0.4, 0.5) is 6.01 Å². The zero-order valence-electron chi connectivity index (χ0n) is 7.64. The number of aromatic carboxylic acids is 1. The predicted molar refractivity (Wildman–Crippen MR) is 55.1 cm³/mol. The first-order valence-electron chi connectivity index (χ1n) is 4.19. The van der Waals surface area contributed by atoms with Crippen LogP contribution >= 0.6 is 11.3 Å². The number of aromatic nitrogens is 1. The van der Waals surface area contributed by atoms with E-state index in [4.69, 9.17) is 9.52 Å². The number of anilines is 1. The Labute approximate surface area is 89.4 Å². The van der Waals surface area contributed by atoms with Gasteiger partial charge in [0.05, 0.1) is 0 Å². The fourth-order valence-electron chi connectivity index (χ4n) is 1.02. The predicted octanol–water partition coefficient (Wildman–Crippen LogP) is 2.05. The van der Waals surface area contributed by atoms with Gasteiger partial charge >= 0.3 is 5.97 Å². The second-order valence-corrected chi connectivity index (χ2v) is 3.61. The smallest absolute Gasteiger partial charge is 0.357 e. The Kier molecular flexibility index (Phi) is 2.68. The fraction of sp³-hybridized carbons (Fsp3) is 0.111. The van der Waals surface area contributed by atoms with Gasteiger partial charge in [0.1, 0.15) is 6.26 Å². The van der Waals surface area contributed by atoms with Crippen LogP contribution in [-0.2, 0) is 6.54 Å². The highest BCUT2D eigenvalue weighted by atomic mass is 32.1. The summed E-state index contributed by atoms with van der Waals surface area (Å²) in [6.45, 7) is 0.572. The van der Waals surface area contributed by atoms with Crippen molar-refractivity contribution in [3.8, 4) is 0 Å². The third-order valence-electron chi connectivity index (χ3n) is 1.75. The molecule has 0 aliphatic rings. The first-order chi connectivity index (χ1) is 7.25. The molecule has 0 aromatic carbocycles. The van der Waals surface area contributed by atoms with Crippen molar-refractivity contribution >= 4 is 23.3 Å². The zero-order valence-corrected chi connectivity index (χ0v) is 8.45. The van der Waals surface area contributed by atoms with Crippen LogP contribution in [0.15, 0.2) is 27.5 Å². The SMILES string of the molecule is O=C(O)c1coc(NCc2ccsc2)n1. The number of hydrogen-bond donors (Lipinski definition) is 2. The normalized spacial score (nSPS) is 10.1. The third kappa shape index (κ3) is 2.35. The molecule has 0 unspecified atom stereocenters. The summed E-state index contributed by atoms with van der Waals surface area (Å²) in [6, 6.07) is 2.19. The lowest BCUT2D eigenvalue weighted by Crippen LogP contribution is -2.00. The van der Waals surface area contributed by atoms with Crippen molar-refractivity contribution in [2.24, 2.45) is 0 Å². The van der Waals surface area contributed by atoms with Crippen molar-refractivity contribution in [3.63, 3.8) is 0 Å². The summed E-state index contributed by atoms with van der Waals surface area (Å²) in [7, 11) is 0. The van der Waals surface area contributed by atoms with E-state index in [1.54, 1.807) is 11.3 Å². The van der Waals surface area contributed by atoms with Gasteiger partial charge in [-0.05, 0) is 22.4 Å². The van der Waals surface area contributed by atoms with Gasteiger partial charge in [0, 0.05) is 6.54 Å². The molecule has 0 saturated heterocycles. The molecule has 15 heavy (non-hydrogen) atoms. The number of oxazole rings is 1. The van der Waals surface area contributed by atoms with Crippen LogP contribution in [0.25, 0.3) is 0 Å². The summed E-state index contributed by atoms with van der Waals surface area (Å²) in [5.41, 5.74) is 1.01. The number of thiophene rings is 1. The zero-order chi connectivity index (χ0) is 10.7. The van der Waals surface area contributed by atoms with Gasteiger partial charge in [-0.3, -0.25) is 0 Å². The average molecular weight is 224 g/mol. The first kappa shape index (κ1) is 9.72. The maximum Gasteiger partial charge on any atom is 0.357 e. The maximum atomic E-state index is 10.5. The van der Waals surface area contributed by atoms with Crippen LogP contribution in [0.2, 0.25) is 0 Å². The molecule has 0 fully saturated rings. The van der Waals surface area contributed by atoms with Crippen LogP contribution in [-0.4, -0.2) is 16.1 Å². The van der Waals surface area contributed by atoms with Gasteiger partial charge < -0.3 is 14.8 Å². The van der Waals surface area contributed by atoms with Gasteiger partial charge in [0.2, 0.25) is 0 Å². The highest BCUT2D eigenvalue weighted by molar-refractivity contribution is 7.07. The van der Waals surface area contributed by atoms with Crippen molar-refractivity contribution in [3.05, 3.63) is 34.3 Å².